The van der Waals surface area contributed by atoms with Crippen molar-refractivity contribution in [2.24, 2.45) is 0 Å². The molecule has 5 nitrogen and oxygen atoms in total. The van der Waals surface area contributed by atoms with Gasteiger partial charge in [0.2, 0.25) is 0 Å². The normalized spacial score (nSPS) is 23.2. The standard InChI is InChI=1S/C21H27N3O2/c1-14-10-22-11-21(19(14)12-25)26-13-16-5-3-4-6-18(16)20-9-15(2)23-24(20)17-7-8-17/h9-12,15,17,23H,3-8,13H2,1-2H3. The lowest BCUT2D eigenvalue weighted by molar-refractivity contribution is 0.111. The van der Waals surface area contributed by atoms with Crippen LogP contribution >= 0.6 is 0 Å². The minimum absolute atomic E-state index is 0.379. The lowest BCUT2D eigenvalue weighted by Crippen LogP contribution is -2.38. The summed E-state index contributed by atoms with van der Waals surface area (Å²) in [5.41, 5.74) is 9.21. The molecule has 5 heteroatoms. The van der Waals surface area contributed by atoms with Crippen molar-refractivity contribution in [3.05, 3.63) is 46.4 Å². The van der Waals surface area contributed by atoms with Gasteiger partial charge in [0.15, 0.2) is 6.29 Å². The number of carbonyl (C=O) groups is 1. The maximum atomic E-state index is 11.4. The highest BCUT2D eigenvalue weighted by atomic mass is 16.5. The summed E-state index contributed by atoms with van der Waals surface area (Å²) in [7, 11) is 0. The Morgan fingerprint density at radius 2 is 2.12 bits per heavy atom. The number of rotatable bonds is 6. The van der Waals surface area contributed by atoms with E-state index in [0.29, 0.717) is 30.0 Å². The highest BCUT2D eigenvalue weighted by Gasteiger charge is 2.36. The first-order valence-electron chi connectivity index (χ1n) is 9.68. The second-order valence-corrected chi connectivity index (χ2v) is 7.63. The van der Waals surface area contributed by atoms with Gasteiger partial charge in [-0.1, -0.05) is 0 Å². The molecule has 0 aromatic carbocycles. The van der Waals surface area contributed by atoms with E-state index in [4.69, 9.17) is 4.74 Å². The number of aryl methyl sites for hydroxylation is 1. The second-order valence-electron chi connectivity index (χ2n) is 7.63. The van der Waals surface area contributed by atoms with Crippen molar-refractivity contribution in [3.63, 3.8) is 0 Å². The summed E-state index contributed by atoms with van der Waals surface area (Å²) < 4.78 is 6.06. The number of allylic oxidation sites excluding steroid dienone is 1. The van der Waals surface area contributed by atoms with Crippen molar-refractivity contribution in [3.8, 4) is 5.75 Å². The molecule has 0 spiro atoms. The molecule has 138 valence electrons. The molecule has 1 fully saturated rings. The van der Waals surface area contributed by atoms with Crippen molar-refractivity contribution in [2.75, 3.05) is 6.61 Å². The van der Waals surface area contributed by atoms with Gasteiger partial charge in [-0.05, 0) is 75.2 Å². The Morgan fingerprint density at radius 1 is 1.31 bits per heavy atom. The second kappa shape index (κ2) is 7.23. The third-order valence-corrected chi connectivity index (χ3v) is 5.48. The van der Waals surface area contributed by atoms with Crippen LogP contribution in [-0.2, 0) is 0 Å². The number of nitrogens with one attached hydrogen (secondary N) is 1. The topological polar surface area (TPSA) is 54.5 Å². The first kappa shape index (κ1) is 17.3. The Bertz CT molecular complexity index is 765. The van der Waals surface area contributed by atoms with Gasteiger partial charge in [0.05, 0.1) is 17.5 Å². The molecule has 1 aliphatic heterocycles. The quantitative estimate of drug-likeness (QED) is 0.790. The van der Waals surface area contributed by atoms with Gasteiger partial charge in [-0.2, -0.15) is 0 Å². The van der Waals surface area contributed by atoms with Gasteiger partial charge in [0.1, 0.15) is 12.4 Å². The molecule has 1 aromatic rings. The Balaban J connectivity index is 1.58. The summed E-state index contributed by atoms with van der Waals surface area (Å²) in [4.78, 5) is 15.6. The van der Waals surface area contributed by atoms with Crippen LogP contribution < -0.4 is 10.2 Å². The van der Waals surface area contributed by atoms with Crippen molar-refractivity contribution in [1.29, 1.82) is 0 Å². The van der Waals surface area contributed by atoms with E-state index in [1.165, 1.54) is 42.5 Å². The van der Waals surface area contributed by atoms with Gasteiger partial charge in [0.25, 0.3) is 0 Å². The molecule has 1 saturated carbocycles. The number of aromatic nitrogens is 1. The Morgan fingerprint density at radius 3 is 2.88 bits per heavy atom. The molecule has 0 bridgehead atoms. The van der Waals surface area contributed by atoms with Crippen LogP contribution in [0.5, 0.6) is 5.75 Å². The fraction of sp³-hybridized carbons (Fsp3) is 0.524. The summed E-state index contributed by atoms with van der Waals surface area (Å²) in [6, 6.07) is 1.02. The number of carbonyl (C=O) groups excluding carboxylic acids is 1. The van der Waals surface area contributed by atoms with E-state index in [1.807, 2.05) is 6.92 Å². The van der Waals surface area contributed by atoms with E-state index < -0.39 is 0 Å². The van der Waals surface area contributed by atoms with Gasteiger partial charge in [-0.25, -0.2) is 5.43 Å². The maximum absolute atomic E-state index is 11.4. The van der Waals surface area contributed by atoms with Crippen LogP contribution in [0, 0.1) is 6.92 Å². The average Bonchev–Trinajstić information content (AvgIpc) is 3.42. The molecule has 3 aliphatic rings. The Labute approximate surface area is 155 Å². The average molecular weight is 353 g/mol. The van der Waals surface area contributed by atoms with Gasteiger partial charge < -0.3 is 9.75 Å². The largest absolute Gasteiger partial charge is 0.487 e. The first-order chi connectivity index (χ1) is 12.7. The number of pyridine rings is 1. The number of hydrogen-bond acceptors (Lipinski definition) is 5. The summed E-state index contributed by atoms with van der Waals surface area (Å²) in [5.74, 6) is 0.586. The van der Waals surface area contributed by atoms with Gasteiger partial charge in [-0.15, -0.1) is 0 Å². The fourth-order valence-corrected chi connectivity index (χ4v) is 3.94. The van der Waals surface area contributed by atoms with E-state index in [9.17, 15) is 4.79 Å². The molecule has 0 amide bonds. The highest BCUT2D eigenvalue weighted by molar-refractivity contribution is 5.81. The molecular formula is C21H27N3O2. The lowest BCUT2D eigenvalue weighted by Gasteiger charge is -2.29. The number of hydrogen-bond donors (Lipinski definition) is 1. The predicted molar refractivity (Wildman–Crippen MR) is 101 cm³/mol. The zero-order chi connectivity index (χ0) is 18.1. The third kappa shape index (κ3) is 3.40. The van der Waals surface area contributed by atoms with Gasteiger partial charge in [0, 0.05) is 18.3 Å². The van der Waals surface area contributed by atoms with Gasteiger partial charge in [-0.3, -0.25) is 9.78 Å². The zero-order valence-electron chi connectivity index (χ0n) is 15.6. The molecular weight excluding hydrogens is 326 g/mol. The van der Waals surface area contributed by atoms with Crippen molar-refractivity contribution < 1.29 is 9.53 Å². The summed E-state index contributed by atoms with van der Waals surface area (Å²) in [6.07, 6.45) is 13.7. The van der Waals surface area contributed by atoms with Crippen LogP contribution in [0.4, 0.5) is 0 Å². The van der Waals surface area contributed by atoms with E-state index in [0.717, 1.165) is 24.7 Å². The molecule has 2 aliphatic carbocycles. The van der Waals surface area contributed by atoms with Crippen molar-refractivity contribution in [1.82, 2.24) is 15.4 Å². The molecule has 0 radical (unpaired) electrons. The first-order valence-corrected chi connectivity index (χ1v) is 9.68. The monoisotopic (exact) mass is 353 g/mol. The minimum atomic E-state index is 0.379. The van der Waals surface area contributed by atoms with Gasteiger partial charge >= 0.3 is 0 Å². The number of nitrogens with zero attached hydrogens (tertiary/aromatic N) is 2. The summed E-state index contributed by atoms with van der Waals surface area (Å²) in [6.45, 7) is 4.63. The summed E-state index contributed by atoms with van der Waals surface area (Å²) in [5, 5.41) is 2.39. The van der Waals surface area contributed by atoms with Crippen LogP contribution in [0.1, 0.15) is 61.4 Å². The Kier molecular flexibility index (Phi) is 4.81. The van der Waals surface area contributed by atoms with E-state index in [1.54, 1.807) is 12.4 Å². The van der Waals surface area contributed by atoms with Crippen LogP contribution in [0.25, 0.3) is 0 Å². The van der Waals surface area contributed by atoms with Crippen molar-refractivity contribution >= 4 is 6.29 Å². The minimum Gasteiger partial charge on any atom is -0.487 e. The van der Waals surface area contributed by atoms with Crippen LogP contribution in [0.3, 0.4) is 0 Å². The highest BCUT2D eigenvalue weighted by Crippen LogP contribution is 2.39. The lowest BCUT2D eigenvalue weighted by atomic mass is 9.89. The predicted octanol–water partition coefficient (Wildman–Crippen LogP) is 3.71. The number of hydrazine groups is 1. The van der Waals surface area contributed by atoms with Crippen LogP contribution in [0.15, 0.2) is 35.3 Å². The third-order valence-electron chi connectivity index (χ3n) is 5.48. The molecule has 4 rings (SSSR count). The SMILES string of the molecule is Cc1cncc(OCC2=C(C3=CC(C)NN3C3CC3)CCCC2)c1C=O. The molecule has 1 unspecified atom stereocenters. The maximum Gasteiger partial charge on any atom is 0.154 e. The van der Waals surface area contributed by atoms with E-state index >= 15 is 0 Å². The smallest absolute Gasteiger partial charge is 0.154 e. The molecule has 1 N–H and O–H groups in total. The van der Waals surface area contributed by atoms with E-state index in [-0.39, 0.29) is 0 Å². The fourth-order valence-electron chi connectivity index (χ4n) is 3.94. The molecule has 26 heavy (non-hydrogen) atoms. The zero-order valence-corrected chi connectivity index (χ0v) is 15.6. The molecule has 2 heterocycles. The number of ether oxygens (including phenoxy) is 1. The molecule has 0 saturated heterocycles. The van der Waals surface area contributed by atoms with E-state index in [2.05, 4.69) is 28.4 Å². The number of aldehydes is 1. The van der Waals surface area contributed by atoms with Crippen LogP contribution in [-0.4, -0.2) is 35.0 Å². The van der Waals surface area contributed by atoms with Crippen LogP contribution in [0.2, 0.25) is 0 Å². The Hall–Kier alpha value is -2.14. The molecule has 1 aromatic heterocycles. The van der Waals surface area contributed by atoms with Crippen molar-refractivity contribution in [2.45, 2.75) is 64.5 Å². The molecule has 1 atom stereocenters. The summed E-state index contributed by atoms with van der Waals surface area (Å²) >= 11 is 0.